The van der Waals surface area contributed by atoms with Gasteiger partial charge in [-0.05, 0) is 58.8 Å². The average molecular weight is 513 g/mol. The third-order valence-corrected chi connectivity index (χ3v) is 6.53. The molecule has 0 atom stereocenters. The fourth-order valence-electron chi connectivity index (χ4n) is 3.88. The summed E-state index contributed by atoms with van der Waals surface area (Å²) in [5, 5.41) is 6.23. The zero-order valence-electron chi connectivity index (χ0n) is 18.8. The Morgan fingerprint density at radius 3 is 2.72 bits per heavy atom. The minimum atomic E-state index is -4.62. The molecule has 3 N–H and O–H groups in total. The van der Waals surface area contributed by atoms with Crippen LogP contribution in [0.1, 0.15) is 27.5 Å². The minimum Gasteiger partial charge on any atom is -0.494 e. The molecule has 0 radical (unpaired) electrons. The van der Waals surface area contributed by atoms with Crippen LogP contribution in [0.3, 0.4) is 0 Å². The standard InChI is InChI=1S/C25H19F3N4O3S/c1-34-17-5-3-16(15-4-7-20(25(26,27)28)31-21(15)17)24-32-22(18(11-29)35-24)23(33)30-12-13-2-6-19-14(10-13)8-9-36-19/h2-10H,11-12,29H2,1H3,(H,30,33). The fraction of sp³-hybridized carbons (Fsp3) is 0.160. The number of pyridine rings is 1. The summed E-state index contributed by atoms with van der Waals surface area (Å²) in [6, 6.07) is 13.1. The molecule has 3 heterocycles. The molecule has 36 heavy (non-hydrogen) atoms. The number of benzene rings is 2. The highest BCUT2D eigenvalue weighted by atomic mass is 32.1. The first-order chi connectivity index (χ1) is 17.3. The van der Waals surface area contributed by atoms with Gasteiger partial charge in [-0.3, -0.25) is 4.79 Å². The lowest BCUT2D eigenvalue weighted by molar-refractivity contribution is -0.140. The third kappa shape index (κ3) is 4.38. The summed E-state index contributed by atoms with van der Waals surface area (Å²) < 4.78 is 51.8. The van der Waals surface area contributed by atoms with Gasteiger partial charge < -0.3 is 20.2 Å². The van der Waals surface area contributed by atoms with Crippen LogP contribution in [0.25, 0.3) is 32.4 Å². The van der Waals surface area contributed by atoms with E-state index in [1.807, 2.05) is 29.6 Å². The molecule has 5 aromatic rings. The average Bonchev–Trinajstić information content (AvgIpc) is 3.52. The van der Waals surface area contributed by atoms with Gasteiger partial charge in [0.25, 0.3) is 5.91 Å². The van der Waals surface area contributed by atoms with Crippen LogP contribution in [-0.4, -0.2) is 23.0 Å². The van der Waals surface area contributed by atoms with E-state index in [9.17, 15) is 18.0 Å². The Bertz CT molecular complexity index is 1590. The number of methoxy groups -OCH3 is 1. The second-order valence-corrected chi connectivity index (χ2v) is 8.82. The number of thiophene rings is 1. The van der Waals surface area contributed by atoms with Crippen molar-refractivity contribution in [2.45, 2.75) is 19.3 Å². The van der Waals surface area contributed by atoms with Gasteiger partial charge in [0.05, 0.1) is 13.7 Å². The number of nitrogens with zero attached hydrogens (tertiary/aromatic N) is 2. The molecule has 11 heteroatoms. The number of halogens is 3. The van der Waals surface area contributed by atoms with Crippen LogP contribution < -0.4 is 15.8 Å². The Hall–Kier alpha value is -3.96. The first-order valence-electron chi connectivity index (χ1n) is 10.8. The van der Waals surface area contributed by atoms with E-state index in [2.05, 4.69) is 15.3 Å². The Kier molecular flexibility index (Phi) is 6.10. The van der Waals surface area contributed by atoms with E-state index < -0.39 is 17.8 Å². The van der Waals surface area contributed by atoms with E-state index in [1.165, 1.54) is 19.2 Å². The van der Waals surface area contributed by atoms with Gasteiger partial charge in [-0.2, -0.15) is 13.2 Å². The van der Waals surface area contributed by atoms with Crippen LogP contribution in [0, 0.1) is 0 Å². The lowest BCUT2D eigenvalue weighted by Gasteiger charge is -2.11. The highest BCUT2D eigenvalue weighted by Crippen LogP contribution is 2.37. The summed E-state index contributed by atoms with van der Waals surface area (Å²) in [6.45, 7) is 0.174. The lowest BCUT2D eigenvalue weighted by Crippen LogP contribution is -2.24. The maximum atomic E-state index is 13.2. The van der Waals surface area contributed by atoms with Crippen molar-refractivity contribution < 1.29 is 27.1 Å². The summed E-state index contributed by atoms with van der Waals surface area (Å²) in [4.78, 5) is 21.0. The normalized spacial score (nSPS) is 11.8. The topological polar surface area (TPSA) is 103 Å². The maximum absolute atomic E-state index is 13.2. The molecule has 3 aromatic heterocycles. The highest BCUT2D eigenvalue weighted by Gasteiger charge is 2.33. The van der Waals surface area contributed by atoms with E-state index in [1.54, 1.807) is 17.4 Å². The van der Waals surface area contributed by atoms with Crippen molar-refractivity contribution in [3.05, 3.63) is 76.6 Å². The number of carbonyl (C=O) groups excluding carboxylic acids is 1. The molecule has 0 spiro atoms. The van der Waals surface area contributed by atoms with Crippen molar-refractivity contribution in [2.24, 2.45) is 5.73 Å². The lowest BCUT2D eigenvalue weighted by atomic mass is 10.1. The van der Waals surface area contributed by atoms with E-state index >= 15 is 0 Å². The zero-order chi connectivity index (χ0) is 25.4. The van der Waals surface area contributed by atoms with E-state index in [4.69, 9.17) is 14.9 Å². The third-order valence-electron chi connectivity index (χ3n) is 5.63. The van der Waals surface area contributed by atoms with Crippen molar-refractivity contribution in [3.63, 3.8) is 0 Å². The van der Waals surface area contributed by atoms with Gasteiger partial charge in [-0.15, -0.1) is 11.3 Å². The largest absolute Gasteiger partial charge is 0.494 e. The van der Waals surface area contributed by atoms with Gasteiger partial charge in [0, 0.05) is 22.2 Å². The number of oxazole rings is 1. The maximum Gasteiger partial charge on any atom is 0.433 e. The molecule has 0 fully saturated rings. The van der Waals surface area contributed by atoms with Gasteiger partial charge in [-0.1, -0.05) is 6.07 Å². The second kappa shape index (κ2) is 9.25. The Balaban J connectivity index is 1.47. The van der Waals surface area contributed by atoms with Crippen molar-refractivity contribution in [1.82, 2.24) is 15.3 Å². The number of hydrogen-bond acceptors (Lipinski definition) is 7. The molecule has 0 saturated carbocycles. The highest BCUT2D eigenvalue weighted by molar-refractivity contribution is 7.17. The summed E-state index contributed by atoms with van der Waals surface area (Å²) in [6.07, 6.45) is -4.62. The number of rotatable bonds is 6. The molecule has 1 amide bonds. The number of amides is 1. The van der Waals surface area contributed by atoms with Gasteiger partial charge in [0.15, 0.2) is 11.5 Å². The summed E-state index contributed by atoms with van der Waals surface area (Å²) in [7, 11) is 1.34. The molecule has 0 saturated heterocycles. The SMILES string of the molecule is COc1ccc(-c2nc(C(=O)NCc3ccc4sccc4c3)c(CN)o2)c2ccc(C(F)(F)F)nc12. The number of nitrogens with one attached hydrogen (secondary N) is 1. The first-order valence-corrected chi connectivity index (χ1v) is 11.7. The summed E-state index contributed by atoms with van der Waals surface area (Å²) >= 11 is 1.64. The molecule has 5 rings (SSSR count). The van der Waals surface area contributed by atoms with Crippen molar-refractivity contribution >= 4 is 38.2 Å². The monoisotopic (exact) mass is 512 g/mol. The number of hydrogen-bond donors (Lipinski definition) is 2. The van der Waals surface area contributed by atoms with Crippen LogP contribution in [0.4, 0.5) is 13.2 Å². The zero-order valence-corrected chi connectivity index (χ0v) is 19.7. The molecule has 0 aliphatic carbocycles. The van der Waals surface area contributed by atoms with Crippen LogP contribution in [-0.2, 0) is 19.3 Å². The predicted molar refractivity (Wildman–Crippen MR) is 130 cm³/mol. The van der Waals surface area contributed by atoms with Gasteiger partial charge in [0.1, 0.15) is 17.0 Å². The number of nitrogens with two attached hydrogens (primary N) is 1. The molecule has 7 nitrogen and oxygen atoms in total. The molecule has 184 valence electrons. The number of alkyl halides is 3. The molecule has 2 aromatic carbocycles. The Morgan fingerprint density at radius 1 is 1.14 bits per heavy atom. The smallest absolute Gasteiger partial charge is 0.433 e. The van der Waals surface area contributed by atoms with Crippen molar-refractivity contribution in [2.75, 3.05) is 7.11 Å². The molecular weight excluding hydrogens is 493 g/mol. The molecule has 0 aliphatic rings. The fourth-order valence-corrected chi connectivity index (χ4v) is 4.65. The summed E-state index contributed by atoms with van der Waals surface area (Å²) in [5.74, 6) is -0.133. The number of fused-ring (bicyclic) bond motifs is 2. The molecule has 0 bridgehead atoms. The number of ether oxygens (including phenoxy) is 1. The predicted octanol–water partition coefficient (Wildman–Crippen LogP) is 5.52. The minimum absolute atomic E-state index is 0.00727. The van der Waals surface area contributed by atoms with E-state index in [0.717, 1.165) is 21.7 Å². The first kappa shape index (κ1) is 23.8. The van der Waals surface area contributed by atoms with Gasteiger partial charge >= 0.3 is 6.18 Å². The molecular formula is C25H19F3N4O3S. The number of aromatic nitrogens is 2. The van der Waals surface area contributed by atoms with Crippen molar-refractivity contribution in [1.29, 1.82) is 0 Å². The van der Waals surface area contributed by atoms with Crippen LogP contribution in [0.15, 0.2) is 58.3 Å². The Morgan fingerprint density at radius 2 is 1.97 bits per heavy atom. The van der Waals surface area contributed by atoms with Gasteiger partial charge in [-0.25, -0.2) is 9.97 Å². The molecule has 0 aliphatic heterocycles. The van der Waals surface area contributed by atoms with Crippen LogP contribution in [0.2, 0.25) is 0 Å². The van der Waals surface area contributed by atoms with Crippen molar-refractivity contribution in [3.8, 4) is 17.2 Å². The second-order valence-electron chi connectivity index (χ2n) is 7.88. The number of carbonyl (C=O) groups is 1. The van der Waals surface area contributed by atoms with Crippen LogP contribution >= 0.6 is 11.3 Å². The van der Waals surface area contributed by atoms with Gasteiger partial charge in [0.2, 0.25) is 5.89 Å². The van der Waals surface area contributed by atoms with Crippen LogP contribution in [0.5, 0.6) is 5.75 Å². The molecule has 0 unspecified atom stereocenters. The quantitative estimate of drug-likeness (QED) is 0.311. The van der Waals surface area contributed by atoms with E-state index in [0.29, 0.717) is 10.9 Å². The summed E-state index contributed by atoms with van der Waals surface area (Å²) in [5.41, 5.74) is 6.01. The Labute approximate surface area is 206 Å². The van der Waals surface area contributed by atoms with E-state index in [-0.39, 0.29) is 41.7 Å².